The van der Waals surface area contributed by atoms with Crippen LogP contribution in [0.4, 0.5) is 5.88 Å². The van der Waals surface area contributed by atoms with Gasteiger partial charge in [-0.1, -0.05) is 0 Å². The molecule has 0 aliphatic heterocycles. The van der Waals surface area contributed by atoms with E-state index in [1.807, 2.05) is 0 Å². The van der Waals surface area contributed by atoms with Crippen LogP contribution in [0.1, 0.15) is 17.0 Å². The minimum Gasteiger partial charge on any atom is -0.395 e. The number of carbonyl (C=O) groups excluding carboxylic acids is 1. The second-order valence-corrected chi connectivity index (χ2v) is 3.88. The van der Waals surface area contributed by atoms with Gasteiger partial charge in [-0.2, -0.15) is 0 Å². The zero-order chi connectivity index (χ0) is 13.5. The summed E-state index contributed by atoms with van der Waals surface area (Å²) in [6, 6.07) is 2.11. The number of alkyl halides is 1. The predicted octanol–water partition coefficient (Wildman–Crippen LogP) is 1.56. The van der Waals surface area contributed by atoms with E-state index in [0.29, 0.717) is 18.9 Å². The molecule has 0 fully saturated rings. The fourth-order valence-corrected chi connectivity index (χ4v) is 1.60. The van der Waals surface area contributed by atoms with Gasteiger partial charge >= 0.3 is 5.88 Å². The van der Waals surface area contributed by atoms with E-state index in [1.54, 1.807) is 0 Å². The van der Waals surface area contributed by atoms with Gasteiger partial charge in [0.05, 0.1) is 18.7 Å². The number of rotatable bonds is 7. The molecule has 1 N–H and O–H groups in total. The van der Waals surface area contributed by atoms with Crippen LogP contribution in [-0.4, -0.2) is 36.5 Å². The van der Waals surface area contributed by atoms with Gasteiger partial charge < -0.3 is 14.5 Å². The summed E-state index contributed by atoms with van der Waals surface area (Å²) in [6.07, 6.45) is 0.532. The molecule has 0 aliphatic carbocycles. The lowest BCUT2D eigenvalue weighted by Gasteiger charge is -2.15. The number of ether oxygens (including phenoxy) is 1. The summed E-state index contributed by atoms with van der Waals surface area (Å²) in [5.41, 5.74) is 0. The van der Waals surface area contributed by atoms with Gasteiger partial charge in [0.1, 0.15) is 4.92 Å². The first-order chi connectivity index (χ1) is 8.58. The molecule has 1 aromatic rings. The third-order valence-electron chi connectivity index (χ3n) is 2.16. The molecule has 0 bridgehead atoms. The summed E-state index contributed by atoms with van der Waals surface area (Å²) >= 11 is 5.59. The lowest BCUT2D eigenvalue weighted by molar-refractivity contribution is -0.402. The number of amides is 1. The molecule has 0 radical (unpaired) electrons. The molecule has 1 rings (SSSR count). The number of nitrogens with zero attached hydrogens (tertiary/aromatic N) is 1. The van der Waals surface area contributed by atoms with Crippen molar-refractivity contribution in [3.8, 4) is 0 Å². The number of carbonyl (C=O) groups is 1. The standard InChI is InChI=1S/C10H13ClN2O5/c1-17-6-7(4-5-11)12-10(14)8-2-3-9(18-8)13(15)16/h2-3,7H,4-6H2,1H3,(H,12,14). The molecule has 0 saturated carbocycles. The number of methoxy groups -OCH3 is 1. The molecule has 1 atom stereocenters. The zero-order valence-electron chi connectivity index (χ0n) is 9.72. The molecule has 0 aromatic carbocycles. The van der Waals surface area contributed by atoms with Gasteiger partial charge in [-0.05, 0) is 12.5 Å². The second-order valence-electron chi connectivity index (χ2n) is 3.50. The summed E-state index contributed by atoms with van der Waals surface area (Å²) in [6.45, 7) is 0.307. The maximum atomic E-state index is 11.7. The van der Waals surface area contributed by atoms with Crippen LogP contribution < -0.4 is 5.32 Å². The lowest BCUT2D eigenvalue weighted by atomic mass is 10.2. The van der Waals surface area contributed by atoms with Crippen molar-refractivity contribution < 1.29 is 18.9 Å². The third kappa shape index (κ3) is 4.01. The Morgan fingerprint density at radius 3 is 2.89 bits per heavy atom. The van der Waals surface area contributed by atoms with Crippen molar-refractivity contribution in [2.45, 2.75) is 12.5 Å². The Morgan fingerprint density at radius 1 is 1.67 bits per heavy atom. The van der Waals surface area contributed by atoms with E-state index in [1.165, 1.54) is 13.2 Å². The molecule has 1 amide bonds. The van der Waals surface area contributed by atoms with Crippen LogP contribution in [-0.2, 0) is 4.74 Å². The Kier molecular flexibility index (Phi) is 5.60. The zero-order valence-corrected chi connectivity index (χ0v) is 10.5. The summed E-state index contributed by atoms with van der Waals surface area (Å²) < 4.78 is 9.70. The molecule has 8 heteroatoms. The van der Waals surface area contributed by atoms with E-state index in [9.17, 15) is 14.9 Å². The largest absolute Gasteiger partial charge is 0.433 e. The van der Waals surface area contributed by atoms with E-state index in [0.717, 1.165) is 6.07 Å². The van der Waals surface area contributed by atoms with Crippen LogP contribution in [0.3, 0.4) is 0 Å². The topological polar surface area (TPSA) is 94.6 Å². The minimum atomic E-state index is -0.706. The average molecular weight is 277 g/mol. The normalized spacial score (nSPS) is 12.1. The number of nitro groups is 1. The highest BCUT2D eigenvalue weighted by molar-refractivity contribution is 6.17. The fourth-order valence-electron chi connectivity index (χ4n) is 1.33. The number of halogens is 1. The third-order valence-corrected chi connectivity index (χ3v) is 2.37. The summed E-state index contributed by atoms with van der Waals surface area (Å²) in [5.74, 6) is -0.750. The predicted molar refractivity (Wildman–Crippen MR) is 63.8 cm³/mol. The first kappa shape index (κ1) is 14.5. The second kappa shape index (κ2) is 6.97. The van der Waals surface area contributed by atoms with Crippen LogP contribution >= 0.6 is 11.6 Å². The van der Waals surface area contributed by atoms with Crippen LogP contribution in [0.25, 0.3) is 0 Å². The van der Waals surface area contributed by atoms with Gasteiger partial charge in [0.25, 0.3) is 5.91 Å². The fraction of sp³-hybridized carbons (Fsp3) is 0.500. The highest BCUT2D eigenvalue weighted by atomic mass is 35.5. The van der Waals surface area contributed by atoms with Crippen LogP contribution in [0, 0.1) is 10.1 Å². The first-order valence-corrected chi connectivity index (χ1v) is 5.72. The molecule has 100 valence electrons. The Labute approximate surface area is 108 Å². The monoisotopic (exact) mass is 276 g/mol. The van der Waals surface area contributed by atoms with Crippen molar-refractivity contribution in [2.24, 2.45) is 0 Å². The molecule has 18 heavy (non-hydrogen) atoms. The molecule has 7 nitrogen and oxygen atoms in total. The average Bonchev–Trinajstić information content (AvgIpc) is 2.79. The van der Waals surface area contributed by atoms with E-state index in [2.05, 4.69) is 5.32 Å². The van der Waals surface area contributed by atoms with Gasteiger partial charge in [-0.25, -0.2) is 0 Å². The number of hydrogen-bond acceptors (Lipinski definition) is 5. The molecule has 1 aromatic heterocycles. The van der Waals surface area contributed by atoms with Crippen molar-refractivity contribution >= 4 is 23.4 Å². The maximum absolute atomic E-state index is 11.7. The number of hydrogen-bond donors (Lipinski definition) is 1. The number of nitrogens with one attached hydrogen (secondary N) is 1. The van der Waals surface area contributed by atoms with E-state index < -0.39 is 16.7 Å². The molecule has 0 saturated heterocycles. The van der Waals surface area contributed by atoms with Crippen molar-refractivity contribution in [1.82, 2.24) is 5.32 Å². The highest BCUT2D eigenvalue weighted by Crippen LogP contribution is 2.15. The molecule has 0 aliphatic rings. The molecule has 1 heterocycles. The van der Waals surface area contributed by atoms with Gasteiger partial charge in [0, 0.05) is 13.0 Å². The van der Waals surface area contributed by atoms with Crippen LogP contribution in [0.2, 0.25) is 0 Å². The van der Waals surface area contributed by atoms with E-state index in [4.69, 9.17) is 20.8 Å². The van der Waals surface area contributed by atoms with Gasteiger partial charge in [-0.3, -0.25) is 14.9 Å². The summed E-state index contributed by atoms with van der Waals surface area (Å²) in [4.78, 5) is 21.4. The van der Waals surface area contributed by atoms with Crippen molar-refractivity contribution in [1.29, 1.82) is 0 Å². The van der Waals surface area contributed by atoms with Gasteiger partial charge in [-0.15, -0.1) is 11.6 Å². The minimum absolute atomic E-state index is 0.114. The maximum Gasteiger partial charge on any atom is 0.433 e. The molecular weight excluding hydrogens is 264 g/mol. The van der Waals surface area contributed by atoms with Gasteiger partial charge in [0.15, 0.2) is 5.76 Å². The Balaban J connectivity index is 2.64. The first-order valence-electron chi connectivity index (χ1n) is 5.18. The van der Waals surface area contributed by atoms with Gasteiger partial charge in [0.2, 0.25) is 0 Å². The SMILES string of the molecule is COCC(CCCl)NC(=O)c1ccc([N+](=O)[O-])o1. The number of furan rings is 1. The Hall–Kier alpha value is -1.60. The van der Waals surface area contributed by atoms with Crippen LogP contribution in [0.5, 0.6) is 0 Å². The smallest absolute Gasteiger partial charge is 0.395 e. The highest BCUT2D eigenvalue weighted by Gasteiger charge is 2.19. The van der Waals surface area contributed by atoms with Crippen molar-refractivity contribution in [2.75, 3.05) is 19.6 Å². The quantitative estimate of drug-likeness (QED) is 0.463. The van der Waals surface area contributed by atoms with Crippen molar-refractivity contribution in [3.63, 3.8) is 0 Å². The van der Waals surface area contributed by atoms with E-state index in [-0.39, 0.29) is 11.8 Å². The molecule has 1 unspecified atom stereocenters. The summed E-state index contributed by atoms with van der Waals surface area (Å²) in [5, 5.41) is 13.0. The molecule has 0 spiro atoms. The lowest BCUT2D eigenvalue weighted by Crippen LogP contribution is -2.38. The Morgan fingerprint density at radius 2 is 2.39 bits per heavy atom. The van der Waals surface area contributed by atoms with Crippen molar-refractivity contribution in [3.05, 3.63) is 28.0 Å². The van der Waals surface area contributed by atoms with Crippen LogP contribution in [0.15, 0.2) is 16.5 Å². The van der Waals surface area contributed by atoms with E-state index >= 15 is 0 Å². The Bertz CT molecular complexity index is 414. The summed E-state index contributed by atoms with van der Waals surface area (Å²) in [7, 11) is 1.51. The molecular formula is C10H13ClN2O5.